The van der Waals surface area contributed by atoms with Gasteiger partial charge in [0, 0.05) is 0 Å². The van der Waals surface area contributed by atoms with E-state index in [1.165, 1.54) is 44.9 Å². The largest absolute Gasteiger partial charge is 0.0848 e. The maximum absolute atomic E-state index is 2.51. The van der Waals surface area contributed by atoms with Gasteiger partial charge in [0.1, 0.15) is 0 Å². The molecule has 0 nitrogen and oxygen atoms in total. The molecule has 0 aromatic carbocycles. The van der Waals surface area contributed by atoms with Gasteiger partial charge in [-0.25, -0.2) is 0 Å². The summed E-state index contributed by atoms with van der Waals surface area (Å²) in [5.74, 6) is 5.03. The molecule has 1 saturated carbocycles. The molecule has 1 aliphatic carbocycles. The molecule has 0 atom stereocenters. The van der Waals surface area contributed by atoms with Gasteiger partial charge in [-0.1, -0.05) is 63.2 Å². The van der Waals surface area contributed by atoms with Gasteiger partial charge in [0.2, 0.25) is 0 Å². The second kappa shape index (κ2) is 4.62. The Morgan fingerprint density at radius 3 is 1.93 bits per heavy atom. The van der Waals surface area contributed by atoms with Crippen molar-refractivity contribution in [3.63, 3.8) is 0 Å². The van der Waals surface area contributed by atoms with Crippen LogP contribution in [0, 0.1) is 0 Å². The van der Waals surface area contributed by atoms with Crippen LogP contribution in [0.2, 0.25) is 0 Å². The predicted molar refractivity (Wildman–Crippen MR) is 67.2 cm³/mol. The van der Waals surface area contributed by atoms with Gasteiger partial charge in [0.05, 0.1) is 0 Å². The zero-order valence-electron chi connectivity index (χ0n) is 9.28. The monoisotopic (exact) mass is 209 g/mol. The molecule has 2 rings (SSSR count). The quantitative estimate of drug-likeness (QED) is 0.545. The number of rotatable bonds is 1. The van der Waals surface area contributed by atoms with Crippen LogP contribution in [0.15, 0.2) is 23.8 Å². The molecule has 0 bridgehead atoms. The average Bonchev–Trinajstić information content (AvgIpc) is 2.52. The minimum Gasteiger partial charge on any atom is -0.0848 e. The van der Waals surface area contributed by atoms with Crippen molar-refractivity contribution >= 4 is 7.26 Å². The summed E-state index contributed by atoms with van der Waals surface area (Å²) < 4.78 is 0. The summed E-state index contributed by atoms with van der Waals surface area (Å²) >= 11 is 0. The van der Waals surface area contributed by atoms with E-state index in [9.17, 15) is 0 Å². The van der Waals surface area contributed by atoms with Crippen LogP contribution in [0.1, 0.15) is 44.9 Å². The summed E-state index contributed by atoms with van der Waals surface area (Å²) in [4.78, 5) is 0. The van der Waals surface area contributed by atoms with E-state index < -0.39 is 7.26 Å². The molecule has 0 amide bonds. The fraction of sp³-hybridized carbons (Fsp3) is 0.692. The highest BCUT2D eigenvalue weighted by atomic mass is 31.2. The van der Waals surface area contributed by atoms with Crippen LogP contribution < -0.4 is 0 Å². The van der Waals surface area contributed by atoms with E-state index in [4.69, 9.17) is 0 Å². The highest BCUT2D eigenvalue weighted by Gasteiger charge is 2.28. The van der Waals surface area contributed by atoms with E-state index in [0.717, 1.165) is 5.66 Å². The molecule has 0 aromatic rings. The second-order valence-electron chi connectivity index (χ2n) is 4.90. The average molecular weight is 209 g/mol. The van der Waals surface area contributed by atoms with Crippen LogP contribution in [0.5, 0.6) is 0 Å². The second-order valence-corrected chi connectivity index (χ2v) is 8.67. The van der Waals surface area contributed by atoms with Crippen molar-refractivity contribution in [3.05, 3.63) is 23.8 Å². The Hall–Kier alpha value is -0.0900. The lowest BCUT2D eigenvalue weighted by Gasteiger charge is -2.34. The molecule has 1 aliphatic heterocycles. The van der Waals surface area contributed by atoms with E-state index in [1.54, 1.807) is 0 Å². The molecule has 0 saturated heterocycles. The molecule has 1 fully saturated rings. The third-order valence-electron chi connectivity index (χ3n) is 3.79. The van der Waals surface area contributed by atoms with E-state index >= 15 is 0 Å². The van der Waals surface area contributed by atoms with Crippen molar-refractivity contribution in [3.8, 4) is 0 Å². The fourth-order valence-corrected chi connectivity index (χ4v) is 5.76. The molecule has 0 unspecified atom stereocenters. The van der Waals surface area contributed by atoms with Crippen molar-refractivity contribution in [1.82, 2.24) is 0 Å². The first-order valence-electron chi connectivity index (χ1n) is 6.04. The normalized spacial score (nSPS) is 27.5. The van der Waals surface area contributed by atoms with Crippen molar-refractivity contribution < 1.29 is 0 Å². The maximum atomic E-state index is 2.51. The summed E-state index contributed by atoms with van der Waals surface area (Å²) in [6.45, 7) is 2.51. The SMILES string of the molecule is C[P]1(C2CCCCCCC2)C=CC=C1. The highest BCUT2D eigenvalue weighted by Crippen LogP contribution is 2.67. The smallest absolute Gasteiger partial charge is 0.0181 e. The van der Waals surface area contributed by atoms with Crippen LogP contribution in [0.4, 0.5) is 0 Å². The summed E-state index contributed by atoms with van der Waals surface area (Å²) in [5.41, 5.74) is 1.01. The van der Waals surface area contributed by atoms with Crippen LogP contribution in [-0.4, -0.2) is 12.3 Å². The Labute approximate surface area is 88.8 Å². The Morgan fingerprint density at radius 1 is 0.857 bits per heavy atom. The van der Waals surface area contributed by atoms with Crippen molar-refractivity contribution in [2.45, 2.75) is 50.6 Å². The van der Waals surface area contributed by atoms with Gasteiger partial charge in [-0.15, -0.1) is 0 Å². The molecule has 79 valence electrons. The van der Waals surface area contributed by atoms with Crippen LogP contribution in [0.3, 0.4) is 0 Å². The van der Waals surface area contributed by atoms with Crippen LogP contribution in [-0.2, 0) is 0 Å². The van der Waals surface area contributed by atoms with Crippen molar-refractivity contribution in [1.29, 1.82) is 0 Å². The molecule has 14 heavy (non-hydrogen) atoms. The summed E-state index contributed by atoms with van der Waals surface area (Å²) in [6, 6.07) is 0. The maximum Gasteiger partial charge on any atom is -0.0181 e. The first-order chi connectivity index (χ1) is 6.81. The summed E-state index contributed by atoms with van der Waals surface area (Å²) in [7, 11) is -0.804. The number of allylic oxidation sites excluding steroid dienone is 2. The van der Waals surface area contributed by atoms with E-state index in [0.29, 0.717) is 0 Å². The van der Waals surface area contributed by atoms with E-state index in [-0.39, 0.29) is 0 Å². The van der Waals surface area contributed by atoms with Gasteiger partial charge in [0.15, 0.2) is 0 Å². The first kappa shape index (κ1) is 10.4. The molecule has 0 N–H and O–H groups in total. The van der Waals surface area contributed by atoms with Gasteiger partial charge in [-0.2, -0.15) is 0 Å². The molecule has 0 spiro atoms. The van der Waals surface area contributed by atoms with Gasteiger partial charge in [-0.3, -0.25) is 0 Å². The standard InChI is InChI=1S/C13H22P/c1-14(11-7-8-12-14)13-9-5-3-2-4-6-10-13/h7-8,11-13H,2-6,9-10H2,1H3. The molecule has 0 aromatic heterocycles. The van der Waals surface area contributed by atoms with Gasteiger partial charge in [-0.05, 0) is 25.2 Å². The Balaban J connectivity index is 2.00. The summed E-state index contributed by atoms with van der Waals surface area (Å²) in [5, 5.41) is 0. The third-order valence-corrected chi connectivity index (χ3v) is 7.51. The van der Waals surface area contributed by atoms with E-state index in [1.807, 2.05) is 0 Å². The minimum absolute atomic E-state index is 0.804. The van der Waals surface area contributed by atoms with Crippen LogP contribution in [0.25, 0.3) is 0 Å². The van der Waals surface area contributed by atoms with E-state index in [2.05, 4.69) is 30.5 Å². The summed E-state index contributed by atoms with van der Waals surface area (Å²) in [6.07, 6.45) is 14.9. The van der Waals surface area contributed by atoms with Crippen molar-refractivity contribution in [2.75, 3.05) is 6.66 Å². The number of hydrogen-bond donors (Lipinski definition) is 0. The lowest BCUT2D eigenvalue weighted by atomic mass is 10.0. The third kappa shape index (κ3) is 2.28. The Kier molecular flexibility index (Phi) is 3.44. The molecule has 1 radical (unpaired) electrons. The minimum atomic E-state index is -0.804. The fourth-order valence-electron chi connectivity index (χ4n) is 2.75. The molecule has 1 heterocycles. The Bertz CT molecular complexity index is 220. The van der Waals surface area contributed by atoms with Crippen LogP contribution >= 0.6 is 7.26 Å². The topological polar surface area (TPSA) is 0 Å². The lowest BCUT2D eigenvalue weighted by molar-refractivity contribution is 0.509. The predicted octanol–water partition coefficient (Wildman–Crippen LogP) is 4.79. The lowest BCUT2D eigenvalue weighted by Crippen LogP contribution is -2.11. The molecular formula is C13H22P. The zero-order valence-corrected chi connectivity index (χ0v) is 10.2. The molecule has 1 heteroatoms. The van der Waals surface area contributed by atoms with Gasteiger partial charge >= 0.3 is 0 Å². The molecule has 2 aliphatic rings. The number of hydrogen-bond acceptors (Lipinski definition) is 0. The van der Waals surface area contributed by atoms with Gasteiger partial charge < -0.3 is 0 Å². The molecular weight excluding hydrogens is 187 g/mol. The van der Waals surface area contributed by atoms with Crippen molar-refractivity contribution in [2.24, 2.45) is 0 Å². The highest BCUT2D eigenvalue weighted by molar-refractivity contribution is 7.81. The van der Waals surface area contributed by atoms with Gasteiger partial charge in [0.25, 0.3) is 0 Å². The first-order valence-corrected chi connectivity index (χ1v) is 8.48. The zero-order chi connectivity index (χ0) is 9.86. The Morgan fingerprint density at radius 2 is 1.36 bits per heavy atom.